The fraction of sp³-hybridized carbons (Fsp3) is 0.533. The second-order valence-corrected chi connectivity index (χ2v) is 5.09. The van der Waals surface area contributed by atoms with Gasteiger partial charge in [-0.05, 0) is 12.8 Å². The molecule has 0 aliphatic rings. The van der Waals surface area contributed by atoms with E-state index in [-0.39, 0.29) is 0 Å². The number of hydrogen-bond acceptors (Lipinski definition) is 4. The summed E-state index contributed by atoms with van der Waals surface area (Å²) >= 11 is 0. The fourth-order valence-corrected chi connectivity index (χ4v) is 2.28. The molecule has 0 unspecified atom stereocenters. The van der Waals surface area contributed by atoms with Crippen molar-refractivity contribution in [1.82, 2.24) is 25.1 Å². The first-order chi connectivity index (χ1) is 9.67. The van der Waals surface area contributed by atoms with Crippen molar-refractivity contribution in [3.05, 3.63) is 35.5 Å². The van der Waals surface area contributed by atoms with Gasteiger partial charge in [-0.15, -0.1) is 0 Å². The van der Waals surface area contributed by atoms with Gasteiger partial charge in [0.05, 0.1) is 17.6 Å². The summed E-state index contributed by atoms with van der Waals surface area (Å²) in [5.74, 6) is 0.787. The number of aryl methyl sites for hydroxylation is 1. The number of nitrogens with one attached hydrogen (secondary N) is 1. The van der Waals surface area contributed by atoms with Gasteiger partial charge in [-0.2, -0.15) is 5.10 Å². The third-order valence-corrected chi connectivity index (χ3v) is 3.30. The maximum Gasteiger partial charge on any atom is 0.172 e. The molecule has 1 N–H and O–H groups in total. The molecule has 0 radical (unpaired) electrons. The molecule has 0 saturated carbocycles. The Morgan fingerprint density at radius 3 is 2.55 bits per heavy atom. The molecule has 2 rings (SSSR count). The Morgan fingerprint density at radius 2 is 2.00 bits per heavy atom. The van der Waals surface area contributed by atoms with Crippen LogP contribution >= 0.6 is 0 Å². The molecule has 0 aliphatic heterocycles. The molecule has 0 amide bonds. The Bertz CT molecular complexity index is 545. The van der Waals surface area contributed by atoms with Crippen LogP contribution in [0.2, 0.25) is 0 Å². The lowest BCUT2D eigenvalue weighted by molar-refractivity contribution is 0.584. The molecule has 0 bridgehead atoms. The molecule has 0 atom stereocenters. The van der Waals surface area contributed by atoms with E-state index in [2.05, 4.69) is 43.0 Å². The van der Waals surface area contributed by atoms with Gasteiger partial charge in [0, 0.05) is 30.5 Å². The molecule has 108 valence electrons. The molecule has 5 nitrogen and oxygen atoms in total. The molecular weight excluding hydrogens is 250 g/mol. The van der Waals surface area contributed by atoms with Gasteiger partial charge < -0.3 is 5.32 Å². The van der Waals surface area contributed by atoms with Crippen LogP contribution in [-0.2, 0) is 19.4 Å². The van der Waals surface area contributed by atoms with Gasteiger partial charge in [0.15, 0.2) is 5.82 Å². The summed E-state index contributed by atoms with van der Waals surface area (Å²) < 4.78 is 1.93. The summed E-state index contributed by atoms with van der Waals surface area (Å²) in [6.07, 6.45) is 6.99. The smallest absolute Gasteiger partial charge is 0.172 e. The van der Waals surface area contributed by atoms with Crippen LogP contribution in [0, 0.1) is 0 Å². The van der Waals surface area contributed by atoms with Crippen molar-refractivity contribution >= 4 is 0 Å². The third kappa shape index (κ3) is 3.04. The topological polar surface area (TPSA) is 55.6 Å². The Morgan fingerprint density at radius 1 is 1.20 bits per heavy atom. The summed E-state index contributed by atoms with van der Waals surface area (Å²) in [4.78, 5) is 8.50. The SMILES string of the molecule is CCc1nn(-c2cnccn2)c(CC)c1CNC(C)C. The van der Waals surface area contributed by atoms with Crippen molar-refractivity contribution in [2.24, 2.45) is 0 Å². The highest BCUT2D eigenvalue weighted by Crippen LogP contribution is 2.19. The second-order valence-electron chi connectivity index (χ2n) is 5.09. The standard InChI is InChI=1S/C15H23N5/c1-5-13-12(9-18-11(3)4)14(6-2)20(19-13)15-10-16-7-8-17-15/h7-8,10-11,18H,5-6,9H2,1-4H3. The summed E-state index contributed by atoms with van der Waals surface area (Å²) in [7, 11) is 0. The van der Waals surface area contributed by atoms with E-state index in [0.29, 0.717) is 6.04 Å². The molecule has 2 aromatic rings. The van der Waals surface area contributed by atoms with Crippen LogP contribution in [0.4, 0.5) is 0 Å². The molecule has 0 aliphatic carbocycles. The summed E-state index contributed by atoms with van der Waals surface area (Å²) in [6.45, 7) is 9.46. The minimum absolute atomic E-state index is 0.462. The van der Waals surface area contributed by atoms with Gasteiger partial charge in [-0.1, -0.05) is 27.7 Å². The predicted molar refractivity (Wildman–Crippen MR) is 79.9 cm³/mol. The van der Waals surface area contributed by atoms with Gasteiger partial charge in [0.25, 0.3) is 0 Å². The van der Waals surface area contributed by atoms with Gasteiger partial charge >= 0.3 is 0 Å². The van der Waals surface area contributed by atoms with Crippen LogP contribution in [0.1, 0.15) is 44.6 Å². The van der Waals surface area contributed by atoms with Crippen LogP contribution in [-0.4, -0.2) is 25.8 Å². The monoisotopic (exact) mass is 273 g/mol. The minimum Gasteiger partial charge on any atom is -0.310 e. The van der Waals surface area contributed by atoms with Crippen molar-refractivity contribution in [3.8, 4) is 5.82 Å². The number of hydrogen-bond donors (Lipinski definition) is 1. The van der Waals surface area contributed by atoms with E-state index in [1.807, 2.05) is 4.68 Å². The lowest BCUT2D eigenvalue weighted by Gasteiger charge is -2.10. The largest absolute Gasteiger partial charge is 0.310 e. The molecule has 0 spiro atoms. The van der Waals surface area contributed by atoms with Crippen molar-refractivity contribution in [2.75, 3.05) is 0 Å². The zero-order chi connectivity index (χ0) is 14.5. The van der Waals surface area contributed by atoms with E-state index < -0.39 is 0 Å². The highest BCUT2D eigenvalue weighted by Gasteiger charge is 2.17. The first kappa shape index (κ1) is 14.7. The van der Waals surface area contributed by atoms with E-state index in [4.69, 9.17) is 5.10 Å². The lowest BCUT2D eigenvalue weighted by atomic mass is 10.1. The van der Waals surface area contributed by atoms with Gasteiger partial charge in [-0.3, -0.25) is 4.98 Å². The van der Waals surface area contributed by atoms with Crippen molar-refractivity contribution < 1.29 is 0 Å². The fourth-order valence-electron chi connectivity index (χ4n) is 2.28. The van der Waals surface area contributed by atoms with Crippen LogP contribution in [0.5, 0.6) is 0 Å². The molecule has 2 heterocycles. The zero-order valence-corrected chi connectivity index (χ0v) is 12.7. The molecule has 2 aromatic heterocycles. The Hall–Kier alpha value is -1.75. The Kier molecular flexibility index (Phi) is 4.84. The van der Waals surface area contributed by atoms with E-state index >= 15 is 0 Å². The second kappa shape index (κ2) is 6.61. The van der Waals surface area contributed by atoms with E-state index in [1.54, 1.807) is 18.6 Å². The van der Waals surface area contributed by atoms with E-state index in [9.17, 15) is 0 Å². The number of aromatic nitrogens is 4. The molecule has 0 fully saturated rings. The van der Waals surface area contributed by atoms with Crippen molar-refractivity contribution in [2.45, 2.75) is 53.1 Å². The molecule has 20 heavy (non-hydrogen) atoms. The predicted octanol–water partition coefficient (Wildman–Crippen LogP) is 2.29. The lowest BCUT2D eigenvalue weighted by Crippen LogP contribution is -2.23. The summed E-state index contributed by atoms with van der Waals surface area (Å²) in [5, 5.41) is 8.21. The van der Waals surface area contributed by atoms with E-state index in [1.165, 1.54) is 11.3 Å². The van der Waals surface area contributed by atoms with Gasteiger partial charge in [0.1, 0.15) is 0 Å². The molecule has 0 aromatic carbocycles. The summed E-state index contributed by atoms with van der Waals surface area (Å²) in [5.41, 5.74) is 3.66. The maximum atomic E-state index is 4.72. The molecule has 5 heteroatoms. The minimum atomic E-state index is 0.462. The first-order valence-electron chi connectivity index (χ1n) is 7.26. The van der Waals surface area contributed by atoms with Crippen LogP contribution in [0.25, 0.3) is 5.82 Å². The van der Waals surface area contributed by atoms with Crippen molar-refractivity contribution in [1.29, 1.82) is 0 Å². The normalized spacial score (nSPS) is 11.2. The average Bonchev–Trinajstić information content (AvgIpc) is 2.83. The van der Waals surface area contributed by atoms with Crippen LogP contribution in [0.3, 0.4) is 0 Å². The molecule has 0 saturated heterocycles. The summed E-state index contributed by atoms with van der Waals surface area (Å²) in [6, 6.07) is 0.462. The molecular formula is C15H23N5. The van der Waals surface area contributed by atoms with Crippen LogP contribution in [0.15, 0.2) is 18.6 Å². The average molecular weight is 273 g/mol. The highest BCUT2D eigenvalue weighted by molar-refractivity contribution is 5.32. The van der Waals surface area contributed by atoms with Gasteiger partial charge in [0.2, 0.25) is 0 Å². The Labute approximate surface area is 120 Å². The zero-order valence-electron chi connectivity index (χ0n) is 12.7. The first-order valence-corrected chi connectivity index (χ1v) is 7.26. The van der Waals surface area contributed by atoms with Crippen LogP contribution < -0.4 is 5.32 Å². The number of nitrogens with zero attached hydrogens (tertiary/aromatic N) is 4. The Balaban J connectivity index is 2.43. The van der Waals surface area contributed by atoms with E-state index in [0.717, 1.165) is 30.9 Å². The quantitative estimate of drug-likeness (QED) is 0.877. The highest BCUT2D eigenvalue weighted by atomic mass is 15.3. The maximum absolute atomic E-state index is 4.72. The number of rotatable bonds is 6. The van der Waals surface area contributed by atoms with Gasteiger partial charge in [-0.25, -0.2) is 9.67 Å². The third-order valence-electron chi connectivity index (χ3n) is 3.30. The van der Waals surface area contributed by atoms with Crippen molar-refractivity contribution in [3.63, 3.8) is 0 Å².